The van der Waals surface area contributed by atoms with Crippen molar-refractivity contribution in [2.24, 2.45) is 28.7 Å². The van der Waals surface area contributed by atoms with Crippen molar-refractivity contribution in [2.75, 3.05) is 27.4 Å². The summed E-state index contributed by atoms with van der Waals surface area (Å²) in [6, 6.07) is 6.16. The summed E-state index contributed by atoms with van der Waals surface area (Å²) in [5.41, 5.74) is 2.19. The molecule has 1 heterocycles. The zero-order valence-electron chi connectivity index (χ0n) is 22.6. The molecule has 196 valence electrons. The number of hydrogen-bond acceptors (Lipinski definition) is 6. The number of cyclic esters (lactones) is 1. The smallest absolute Gasteiger partial charge is 0.310 e. The number of benzene rings is 1. The van der Waals surface area contributed by atoms with E-state index in [2.05, 4.69) is 53.1 Å². The highest BCUT2D eigenvalue weighted by Gasteiger charge is 2.39. The first kappa shape index (κ1) is 29.3. The highest BCUT2D eigenvalue weighted by Crippen LogP contribution is 2.34. The Morgan fingerprint density at radius 3 is 2.49 bits per heavy atom. The fourth-order valence-corrected chi connectivity index (χ4v) is 4.59. The Hall–Kier alpha value is -1.91. The molecule has 2 rings (SSSR count). The number of hydrogen-bond donors (Lipinski definition) is 0. The Labute approximate surface area is 213 Å². The predicted octanol–water partition coefficient (Wildman–Crippen LogP) is 6.07. The molecule has 0 radical (unpaired) electrons. The van der Waals surface area contributed by atoms with Gasteiger partial charge in [-0.3, -0.25) is 9.79 Å². The molecule has 0 aliphatic carbocycles. The fourth-order valence-electron chi connectivity index (χ4n) is 4.36. The maximum atomic E-state index is 12.5. The Morgan fingerprint density at radius 2 is 1.91 bits per heavy atom. The summed E-state index contributed by atoms with van der Waals surface area (Å²) in [6.45, 7) is 11.9. The minimum absolute atomic E-state index is 0.0605. The van der Waals surface area contributed by atoms with Gasteiger partial charge in [0.15, 0.2) is 11.5 Å². The second kappa shape index (κ2) is 14.6. The Bertz CT molecular complexity index is 854. The molecular formula is C28H44NO5P. The number of rotatable bonds is 15. The van der Waals surface area contributed by atoms with Crippen LogP contribution in [-0.2, 0) is 20.7 Å². The molecule has 35 heavy (non-hydrogen) atoms. The van der Waals surface area contributed by atoms with E-state index in [9.17, 15) is 4.79 Å². The molecule has 1 aliphatic heterocycles. The van der Waals surface area contributed by atoms with Crippen LogP contribution in [0.5, 0.6) is 11.5 Å². The number of carbonyl (C=O) groups excluding carboxylic acids is 1. The largest absolute Gasteiger partial charge is 0.493 e. The van der Waals surface area contributed by atoms with Gasteiger partial charge in [0.2, 0.25) is 0 Å². The predicted molar refractivity (Wildman–Crippen MR) is 145 cm³/mol. The highest BCUT2D eigenvalue weighted by atomic mass is 31.1. The van der Waals surface area contributed by atoms with Gasteiger partial charge in [0, 0.05) is 26.6 Å². The van der Waals surface area contributed by atoms with E-state index < -0.39 is 0 Å². The lowest BCUT2D eigenvalue weighted by molar-refractivity contribution is -0.143. The average molecular weight is 506 g/mol. The summed E-state index contributed by atoms with van der Waals surface area (Å²) < 4.78 is 22.5. The van der Waals surface area contributed by atoms with Gasteiger partial charge in [-0.1, -0.05) is 48.3 Å². The van der Waals surface area contributed by atoms with Gasteiger partial charge in [-0.25, -0.2) is 0 Å². The molecule has 0 N–H and O–H groups in total. The van der Waals surface area contributed by atoms with E-state index in [1.54, 1.807) is 14.2 Å². The zero-order chi connectivity index (χ0) is 26.0. The first-order chi connectivity index (χ1) is 16.7. The van der Waals surface area contributed by atoms with Crippen LogP contribution in [0.4, 0.5) is 0 Å². The van der Waals surface area contributed by atoms with E-state index in [0.717, 1.165) is 44.7 Å². The van der Waals surface area contributed by atoms with Crippen molar-refractivity contribution in [3.05, 3.63) is 23.8 Å². The van der Waals surface area contributed by atoms with Gasteiger partial charge >= 0.3 is 5.97 Å². The third-order valence-corrected chi connectivity index (χ3v) is 7.36. The van der Waals surface area contributed by atoms with E-state index in [0.29, 0.717) is 31.5 Å². The molecule has 1 saturated heterocycles. The van der Waals surface area contributed by atoms with E-state index in [-0.39, 0.29) is 29.7 Å². The van der Waals surface area contributed by atoms with Crippen molar-refractivity contribution in [3.8, 4) is 11.5 Å². The van der Waals surface area contributed by atoms with Crippen LogP contribution in [0.3, 0.4) is 0 Å². The Morgan fingerprint density at radius 1 is 1.17 bits per heavy atom. The van der Waals surface area contributed by atoms with Crippen molar-refractivity contribution in [1.82, 2.24) is 0 Å². The summed E-state index contributed by atoms with van der Waals surface area (Å²) in [7, 11) is 4.31. The number of ether oxygens (including phenoxy) is 4. The molecule has 1 aromatic rings. The molecule has 4 unspecified atom stereocenters. The molecule has 4 atom stereocenters. The topological polar surface area (TPSA) is 66.3 Å². The monoisotopic (exact) mass is 505 g/mol. The van der Waals surface area contributed by atoms with Crippen molar-refractivity contribution >= 4 is 26.2 Å². The third kappa shape index (κ3) is 8.91. The fraction of sp³-hybridized carbons (Fsp3) is 0.679. The van der Waals surface area contributed by atoms with Crippen molar-refractivity contribution in [3.63, 3.8) is 0 Å². The Balaban J connectivity index is 2.22. The number of methoxy groups -OCH3 is 2. The first-order valence-corrected chi connectivity index (χ1v) is 13.9. The molecule has 6 nitrogen and oxygen atoms in total. The maximum absolute atomic E-state index is 12.5. The molecule has 1 aliphatic rings. The lowest BCUT2D eigenvalue weighted by Gasteiger charge is -2.25. The van der Waals surface area contributed by atoms with Gasteiger partial charge in [0.05, 0.1) is 31.1 Å². The molecule has 0 aromatic heterocycles. The SMILES string of the molecule is C=PC(C)N=C(CC(Cc1ccc(OC)c(OCCCOC)c1)C(C)C)C1CC(C(C)C)C(=O)O1. The normalized spacial score (nSPS) is 20.4. The van der Waals surface area contributed by atoms with Gasteiger partial charge in [-0.05, 0) is 55.2 Å². The van der Waals surface area contributed by atoms with Gasteiger partial charge in [0.25, 0.3) is 0 Å². The summed E-state index contributed by atoms with van der Waals surface area (Å²) in [5, 5.41) is 0. The van der Waals surface area contributed by atoms with Crippen molar-refractivity contribution in [2.45, 2.75) is 72.2 Å². The minimum atomic E-state index is -0.240. The van der Waals surface area contributed by atoms with Crippen LogP contribution in [0.2, 0.25) is 0 Å². The second-order valence-electron chi connectivity index (χ2n) is 10.0. The number of carbonyl (C=O) groups is 1. The number of nitrogens with zero attached hydrogens (tertiary/aromatic N) is 1. The van der Waals surface area contributed by atoms with Gasteiger partial charge < -0.3 is 18.9 Å². The molecule has 1 aromatic carbocycles. The number of aliphatic imine (C=N–C) groups is 1. The third-order valence-electron chi connectivity index (χ3n) is 6.71. The van der Waals surface area contributed by atoms with Crippen LogP contribution in [-0.4, -0.2) is 57.3 Å². The summed E-state index contributed by atoms with van der Waals surface area (Å²) in [5.74, 6) is 2.44. The maximum Gasteiger partial charge on any atom is 0.310 e. The van der Waals surface area contributed by atoms with Gasteiger partial charge in [-0.2, -0.15) is 0 Å². The molecule has 1 fully saturated rings. The lowest BCUT2D eigenvalue weighted by atomic mass is 9.82. The lowest BCUT2D eigenvalue weighted by Crippen LogP contribution is -2.27. The van der Waals surface area contributed by atoms with Crippen LogP contribution in [0.15, 0.2) is 23.2 Å². The van der Waals surface area contributed by atoms with E-state index in [4.69, 9.17) is 23.9 Å². The Kier molecular flexibility index (Phi) is 12.2. The summed E-state index contributed by atoms with van der Waals surface area (Å²) in [4.78, 5) is 17.5. The summed E-state index contributed by atoms with van der Waals surface area (Å²) in [6.07, 6.45) is 6.94. The van der Waals surface area contributed by atoms with Gasteiger partial charge in [0.1, 0.15) is 6.10 Å². The van der Waals surface area contributed by atoms with Crippen LogP contribution in [0.1, 0.15) is 59.4 Å². The van der Waals surface area contributed by atoms with Crippen LogP contribution in [0, 0.1) is 23.7 Å². The van der Waals surface area contributed by atoms with Gasteiger partial charge in [-0.15, -0.1) is 0 Å². The molecule has 0 amide bonds. The van der Waals surface area contributed by atoms with Crippen molar-refractivity contribution in [1.29, 1.82) is 0 Å². The molecule has 0 saturated carbocycles. The summed E-state index contributed by atoms with van der Waals surface area (Å²) >= 11 is 0. The first-order valence-electron chi connectivity index (χ1n) is 12.7. The van der Waals surface area contributed by atoms with Crippen molar-refractivity contribution < 1.29 is 23.7 Å². The average Bonchev–Trinajstić information content (AvgIpc) is 3.22. The van der Waals surface area contributed by atoms with E-state index in [1.807, 2.05) is 6.07 Å². The highest BCUT2D eigenvalue weighted by molar-refractivity contribution is 7.37. The van der Waals surface area contributed by atoms with Crippen LogP contribution in [0.25, 0.3) is 0 Å². The molecular weight excluding hydrogens is 461 g/mol. The standard InChI is InChI=1S/C28H44NO5P/c1-18(2)22(14-21-10-11-25(32-7)27(15-21)33-13-9-12-31-6)16-24(29-20(5)35-8)26-17-23(19(3)4)28(30)34-26/h10-11,15,18-20,22-23,26H,8-9,12-14,16-17H2,1-7H3. The van der Waals surface area contributed by atoms with Crippen LogP contribution < -0.4 is 9.47 Å². The number of esters is 1. The second-order valence-corrected chi connectivity index (χ2v) is 11.2. The molecule has 7 heteroatoms. The van der Waals surface area contributed by atoms with E-state index >= 15 is 0 Å². The zero-order valence-corrected chi connectivity index (χ0v) is 23.5. The minimum Gasteiger partial charge on any atom is -0.493 e. The molecule has 0 spiro atoms. The van der Waals surface area contributed by atoms with Crippen LogP contribution >= 0.6 is 8.20 Å². The quantitative estimate of drug-likeness (QED) is 0.125. The van der Waals surface area contributed by atoms with E-state index in [1.165, 1.54) is 5.56 Å². The molecule has 0 bridgehead atoms.